The van der Waals surface area contributed by atoms with Crippen molar-refractivity contribution in [2.75, 3.05) is 18.4 Å². The fourth-order valence-corrected chi connectivity index (χ4v) is 2.33. The molecule has 7 heteroatoms. The number of carboxylic acids is 1. The number of carbonyl (C=O) groups excluding carboxylic acids is 1. The van der Waals surface area contributed by atoms with E-state index in [1.165, 1.54) is 23.1 Å². The third-order valence-corrected chi connectivity index (χ3v) is 3.54. The van der Waals surface area contributed by atoms with Gasteiger partial charge in [0, 0.05) is 13.1 Å². The number of halogens is 2. The van der Waals surface area contributed by atoms with Gasteiger partial charge in [0.1, 0.15) is 0 Å². The summed E-state index contributed by atoms with van der Waals surface area (Å²) in [5.74, 6) is -2.19. The van der Waals surface area contributed by atoms with Gasteiger partial charge in [-0.25, -0.2) is 9.18 Å². The lowest BCUT2D eigenvalue weighted by Gasteiger charge is -2.30. The zero-order valence-electron chi connectivity index (χ0n) is 10.6. The largest absolute Gasteiger partial charge is 0.481 e. The van der Waals surface area contributed by atoms with Gasteiger partial charge < -0.3 is 15.3 Å². The monoisotopic (exact) mass is 300 g/mol. The minimum Gasteiger partial charge on any atom is -0.481 e. The molecule has 1 aromatic carbocycles. The van der Waals surface area contributed by atoms with E-state index in [0.29, 0.717) is 19.4 Å². The summed E-state index contributed by atoms with van der Waals surface area (Å²) in [6.45, 7) is 0.584. The maximum atomic E-state index is 13.7. The van der Waals surface area contributed by atoms with Crippen LogP contribution < -0.4 is 5.32 Å². The van der Waals surface area contributed by atoms with Crippen molar-refractivity contribution in [2.45, 2.75) is 12.8 Å². The fourth-order valence-electron chi connectivity index (χ4n) is 2.16. The van der Waals surface area contributed by atoms with E-state index < -0.39 is 23.7 Å². The molecule has 0 saturated carbocycles. The number of aliphatic carboxylic acids is 1. The first-order chi connectivity index (χ1) is 9.49. The minimum atomic E-state index is -0.920. The van der Waals surface area contributed by atoms with E-state index in [-0.39, 0.29) is 17.3 Å². The van der Waals surface area contributed by atoms with E-state index in [9.17, 15) is 14.0 Å². The van der Waals surface area contributed by atoms with Crippen LogP contribution in [-0.4, -0.2) is 35.1 Å². The highest BCUT2D eigenvalue weighted by atomic mass is 35.5. The van der Waals surface area contributed by atoms with Crippen molar-refractivity contribution < 1.29 is 19.1 Å². The minimum absolute atomic E-state index is 0.0139. The molecule has 2 amide bonds. The lowest BCUT2D eigenvalue weighted by atomic mass is 9.99. The zero-order valence-corrected chi connectivity index (χ0v) is 11.4. The molecule has 0 aromatic heterocycles. The number of rotatable bonds is 2. The number of likely N-dealkylation sites (tertiary alicyclic amines) is 1. The highest BCUT2D eigenvalue weighted by Gasteiger charge is 2.28. The predicted molar refractivity (Wildman–Crippen MR) is 72.4 cm³/mol. The summed E-state index contributed by atoms with van der Waals surface area (Å²) in [5, 5.41) is 11.3. The maximum Gasteiger partial charge on any atom is 0.321 e. The number of carboxylic acid groups (broad SMARTS) is 1. The Morgan fingerprint density at radius 1 is 1.45 bits per heavy atom. The van der Waals surface area contributed by atoms with Crippen LogP contribution in [0.2, 0.25) is 5.02 Å². The van der Waals surface area contributed by atoms with Crippen LogP contribution in [0.25, 0.3) is 0 Å². The van der Waals surface area contributed by atoms with Gasteiger partial charge in [0.2, 0.25) is 0 Å². The molecule has 0 bridgehead atoms. The van der Waals surface area contributed by atoms with Gasteiger partial charge in [0.25, 0.3) is 0 Å². The summed E-state index contributed by atoms with van der Waals surface area (Å²) < 4.78 is 13.7. The summed E-state index contributed by atoms with van der Waals surface area (Å²) in [6, 6.07) is 3.79. The number of hydrogen-bond donors (Lipinski definition) is 2. The van der Waals surface area contributed by atoms with E-state index in [2.05, 4.69) is 5.32 Å². The van der Waals surface area contributed by atoms with Crippen LogP contribution in [0.4, 0.5) is 14.9 Å². The first kappa shape index (κ1) is 14.6. The normalized spacial score (nSPS) is 18.7. The number of urea groups is 1. The second-order valence-corrected chi connectivity index (χ2v) is 5.06. The Labute approximate surface area is 120 Å². The van der Waals surface area contributed by atoms with Gasteiger partial charge in [-0.1, -0.05) is 17.7 Å². The van der Waals surface area contributed by atoms with Crippen molar-refractivity contribution in [3.63, 3.8) is 0 Å². The first-order valence-corrected chi connectivity index (χ1v) is 6.59. The molecule has 0 spiro atoms. The Morgan fingerprint density at radius 2 is 2.20 bits per heavy atom. The van der Waals surface area contributed by atoms with Gasteiger partial charge in [-0.2, -0.15) is 0 Å². The Morgan fingerprint density at radius 3 is 2.90 bits per heavy atom. The lowest BCUT2D eigenvalue weighted by molar-refractivity contribution is -0.143. The van der Waals surface area contributed by atoms with Gasteiger partial charge >= 0.3 is 12.0 Å². The van der Waals surface area contributed by atoms with E-state index in [4.69, 9.17) is 16.7 Å². The van der Waals surface area contributed by atoms with Crippen LogP contribution in [0.1, 0.15) is 12.8 Å². The number of nitrogens with one attached hydrogen (secondary N) is 1. The Kier molecular flexibility index (Phi) is 4.44. The molecule has 5 nitrogen and oxygen atoms in total. The van der Waals surface area contributed by atoms with Crippen molar-refractivity contribution in [1.29, 1.82) is 0 Å². The molecule has 108 valence electrons. The van der Waals surface area contributed by atoms with Gasteiger partial charge in [-0.3, -0.25) is 4.79 Å². The molecular weight excluding hydrogens is 287 g/mol. The summed E-state index contributed by atoms with van der Waals surface area (Å²) in [4.78, 5) is 24.3. The van der Waals surface area contributed by atoms with Gasteiger partial charge in [-0.05, 0) is 25.0 Å². The van der Waals surface area contributed by atoms with Crippen molar-refractivity contribution in [3.8, 4) is 0 Å². The average Bonchev–Trinajstić information content (AvgIpc) is 2.44. The number of benzene rings is 1. The maximum absolute atomic E-state index is 13.7. The topological polar surface area (TPSA) is 69.6 Å². The summed E-state index contributed by atoms with van der Waals surface area (Å²) in [5.41, 5.74) is -0.0139. The predicted octanol–water partition coefficient (Wildman–Crippen LogP) is 2.81. The molecule has 1 atom stereocenters. The van der Waals surface area contributed by atoms with Crippen LogP contribution >= 0.6 is 11.6 Å². The molecule has 20 heavy (non-hydrogen) atoms. The van der Waals surface area contributed by atoms with E-state index in [1.807, 2.05) is 0 Å². The lowest BCUT2D eigenvalue weighted by Crippen LogP contribution is -2.44. The van der Waals surface area contributed by atoms with Crippen molar-refractivity contribution in [2.24, 2.45) is 5.92 Å². The summed E-state index contributed by atoms with van der Waals surface area (Å²) in [7, 11) is 0. The number of carbonyl (C=O) groups is 2. The molecule has 1 fully saturated rings. The summed E-state index contributed by atoms with van der Waals surface area (Å²) >= 11 is 5.63. The second-order valence-electron chi connectivity index (χ2n) is 4.65. The number of piperidine rings is 1. The van der Waals surface area contributed by atoms with E-state index in [1.54, 1.807) is 0 Å². The third-order valence-electron chi connectivity index (χ3n) is 3.25. The molecule has 0 aliphatic carbocycles. The van der Waals surface area contributed by atoms with Gasteiger partial charge in [-0.15, -0.1) is 0 Å². The second kappa shape index (κ2) is 6.09. The Balaban J connectivity index is 2.04. The average molecular weight is 301 g/mol. The summed E-state index contributed by atoms with van der Waals surface area (Å²) in [6.07, 6.45) is 1.16. The smallest absolute Gasteiger partial charge is 0.321 e. The van der Waals surface area contributed by atoms with E-state index in [0.717, 1.165) is 0 Å². The zero-order chi connectivity index (χ0) is 14.7. The molecule has 1 aliphatic rings. The standard InChI is InChI=1S/C13H14ClFN2O3/c14-9-4-1-5-10(11(9)15)16-13(20)17-6-2-3-8(7-17)12(18)19/h1,4-5,8H,2-3,6-7H2,(H,16,20)(H,18,19)/t8-/m1/s1. The highest BCUT2D eigenvalue weighted by Crippen LogP contribution is 2.23. The molecule has 0 radical (unpaired) electrons. The first-order valence-electron chi connectivity index (χ1n) is 6.22. The molecule has 2 rings (SSSR count). The van der Waals surface area contributed by atoms with Crippen molar-refractivity contribution in [3.05, 3.63) is 29.0 Å². The third kappa shape index (κ3) is 3.19. The number of nitrogens with zero attached hydrogens (tertiary/aromatic N) is 1. The van der Waals surface area contributed by atoms with Crippen LogP contribution in [0, 0.1) is 11.7 Å². The molecular formula is C13H14ClFN2O3. The molecule has 0 unspecified atom stereocenters. The number of amides is 2. The van der Waals surface area contributed by atoms with Crippen LogP contribution in [0.5, 0.6) is 0 Å². The van der Waals surface area contributed by atoms with Crippen LogP contribution in [0.3, 0.4) is 0 Å². The quantitative estimate of drug-likeness (QED) is 0.882. The molecule has 1 saturated heterocycles. The fraction of sp³-hybridized carbons (Fsp3) is 0.385. The SMILES string of the molecule is O=C(O)[C@@H]1CCCN(C(=O)Nc2cccc(Cl)c2F)C1. The van der Waals surface area contributed by atoms with Crippen LogP contribution in [-0.2, 0) is 4.79 Å². The Bertz CT molecular complexity index is 538. The molecule has 1 aromatic rings. The Hall–Kier alpha value is -1.82. The van der Waals surface area contributed by atoms with Crippen LogP contribution in [0.15, 0.2) is 18.2 Å². The molecule has 2 N–H and O–H groups in total. The van der Waals surface area contributed by atoms with Crippen molar-refractivity contribution in [1.82, 2.24) is 4.90 Å². The molecule has 1 heterocycles. The van der Waals surface area contributed by atoms with E-state index >= 15 is 0 Å². The van der Waals surface area contributed by atoms with Gasteiger partial charge in [0.15, 0.2) is 5.82 Å². The highest BCUT2D eigenvalue weighted by molar-refractivity contribution is 6.31. The van der Waals surface area contributed by atoms with Gasteiger partial charge in [0.05, 0.1) is 16.6 Å². The number of hydrogen-bond acceptors (Lipinski definition) is 2. The molecule has 1 aliphatic heterocycles. The van der Waals surface area contributed by atoms with Crippen molar-refractivity contribution >= 4 is 29.3 Å². The number of anilines is 1.